The van der Waals surface area contributed by atoms with Crippen molar-refractivity contribution in [3.8, 4) is 16.9 Å². The van der Waals surface area contributed by atoms with Gasteiger partial charge in [0.15, 0.2) is 0 Å². The second kappa shape index (κ2) is 6.81. The Morgan fingerprint density at radius 1 is 1.20 bits per heavy atom. The van der Waals surface area contributed by atoms with E-state index in [4.69, 9.17) is 10.5 Å². The summed E-state index contributed by atoms with van der Waals surface area (Å²) in [5.41, 5.74) is 13.3. The number of aliphatic hydroxyl groups is 1. The van der Waals surface area contributed by atoms with Gasteiger partial charge in [0, 0.05) is 12.5 Å². The summed E-state index contributed by atoms with van der Waals surface area (Å²) in [6.07, 6.45) is 2.69. The van der Waals surface area contributed by atoms with Gasteiger partial charge >= 0.3 is 0 Å². The Morgan fingerprint density at radius 3 is 2.52 bits per heavy atom. The Morgan fingerprint density at radius 2 is 1.88 bits per heavy atom. The van der Waals surface area contributed by atoms with Crippen LogP contribution in [0.25, 0.3) is 11.1 Å². The van der Waals surface area contributed by atoms with Gasteiger partial charge in [0.2, 0.25) is 0 Å². The van der Waals surface area contributed by atoms with Crippen LogP contribution < -0.4 is 10.5 Å². The summed E-state index contributed by atoms with van der Waals surface area (Å²) < 4.78 is 5.86. The first-order valence-electron chi connectivity index (χ1n) is 9.10. The van der Waals surface area contributed by atoms with Crippen LogP contribution in [0.2, 0.25) is 0 Å². The first-order valence-corrected chi connectivity index (χ1v) is 9.10. The van der Waals surface area contributed by atoms with Crippen molar-refractivity contribution in [1.82, 2.24) is 0 Å². The third-order valence-corrected chi connectivity index (χ3v) is 5.08. The Hall–Kier alpha value is -1.84. The van der Waals surface area contributed by atoms with Crippen LogP contribution >= 0.6 is 0 Å². The minimum absolute atomic E-state index is 0.167. The normalized spacial score (nSPS) is 16.8. The van der Waals surface area contributed by atoms with E-state index in [1.807, 2.05) is 0 Å². The van der Waals surface area contributed by atoms with E-state index in [9.17, 15) is 5.11 Å². The second-order valence-corrected chi connectivity index (χ2v) is 7.86. The fourth-order valence-electron chi connectivity index (χ4n) is 3.77. The molecule has 0 aliphatic heterocycles. The lowest BCUT2D eigenvalue weighted by Crippen LogP contribution is -2.21. The van der Waals surface area contributed by atoms with Gasteiger partial charge in [-0.3, -0.25) is 0 Å². The van der Waals surface area contributed by atoms with E-state index in [2.05, 4.69) is 44.2 Å². The number of ether oxygens (including phenoxy) is 1. The molecule has 3 N–H and O–H groups in total. The number of fused-ring (bicyclic) bond motifs is 1. The molecule has 2 aromatic carbocycles. The van der Waals surface area contributed by atoms with Crippen molar-refractivity contribution in [3.63, 3.8) is 0 Å². The standard InChI is InChI=1S/C22H29NO2/c1-14-12-16(25-11-10-22(3,4)24)13-15(2)21(14)19-7-5-6-18-17(19)8-9-20(18)23/h5-7,12-13,20,24H,8-11,23H2,1-4H3/t20-/m1/s1. The van der Waals surface area contributed by atoms with E-state index in [1.165, 1.54) is 33.4 Å². The van der Waals surface area contributed by atoms with Crippen molar-refractivity contribution >= 4 is 0 Å². The summed E-state index contributed by atoms with van der Waals surface area (Å²) in [4.78, 5) is 0. The van der Waals surface area contributed by atoms with Crippen molar-refractivity contribution in [1.29, 1.82) is 0 Å². The summed E-state index contributed by atoms with van der Waals surface area (Å²) in [6, 6.07) is 10.9. The lowest BCUT2D eigenvalue weighted by molar-refractivity contribution is 0.0553. The van der Waals surface area contributed by atoms with Gasteiger partial charge in [0.1, 0.15) is 5.75 Å². The van der Waals surface area contributed by atoms with E-state index in [-0.39, 0.29) is 6.04 Å². The smallest absolute Gasteiger partial charge is 0.119 e. The largest absolute Gasteiger partial charge is 0.493 e. The summed E-state index contributed by atoms with van der Waals surface area (Å²) >= 11 is 0. The molecule has 0 unspecified atom stereocenters. The van der Waals surface area contributed by atoms with Gasteiger partial charge < -0.3 is 15.6 Å². The number of hydrogen-bond acceptors (Lipinski definition) is 3. The minimum Gasteiger partial charge on any atom is -0.493 e. The molecule has 0 bridgehead atoms. The molecule has 0 amide bonds. The molecule has 0 radical (unpaired) electrons. The summed E-state index contributed by atoms with van der Waals surface area (Å²) in [7, 11) is 0. The topological polar surface area (TPSA) is 55.5 Å². The number of hydrogen-bond donors (Lipinski definition) is 2. The zero-order chi connectivity index (χ0) is 18.2. The molecular weight excluding hydrogens is 310 g/mol. The van der Waals surface area contributed by atoms with Crippen LogP contribution in [-0.4, -0.2) is 17.3 Å². The monoisotopic (exact) mass is 339 g/mol. The summed E-state index contributed by atoms with van der Waals surface area (Å²) in [6.45, 7) is 8.39. The summed E-state index contributed by atoms with van der Waals surface area (Å²) in [5, 5.41) is 9.82. The van der Waals surface area contributed by atoms with Crippen LogP contribution in [0.4, 0.5) is 0 Å². The molecule has 3 rings (SSSR count). The van der Waals surface area contributed by atoms with Crippen LogP contribution in [-0.2, 0) is 6.42 Å². The van der Waals surface area contributed by atoms with Crippen LogP contribution in [0.5, 0.6) is 5.75 Å². The van der Waals surface area contributed by atoms with Crippen molar-refractivity contribution in [2.75, 3.05) is 6.61 Å². The first-order chi connectivity index (χ1) is 11.8. The molecular formula is C22H29NO2. The van der Waals surface area contributed by atoms with Crippen molar-refractivity contribution in [3.05, 3.63) is 52.6 Å². The third-order valence-electron chi connectivity index (χ3n) is 5.08. The number of aryl methyl sites for hydroxylation is 2. The molecule has 0 aromatic heterocycles. The van der Waals surface area contributed by atoms with E-state index in [0.29, 0.717) is 13.0 Å². The van der Waals surface area contributed by atoms with Crippen molar-refractivity contribution < 1.29 is 9.84 Å². The zero-order valence-electron chi connectivity index (χ0n) is 15.7. The second-order valence-electron chi connectivity index (χ2n) is 7.86. The van der Waals surface area contributed by atoms with Gasteiger partial charge in [-0.1, -0.05) is 18.2 Å². The molecule has 2 aromatic rings. The molecule has 1 aliphatic carbocycles. The summed E-state index contributed by atoms with van der Waals surface area (Å²) in [5.74, 6) is 0.868. The number of nitrogens with two attached hydrogens (primary N) is 1. The van der Waals surface area contributed by atoms with E-state index in [0.717, 1.165) is 18.6 Å². The van der Waals surface area contributed by atoms with Gasteiger partial charge in [0.05, 0.1) is 12.2 Å². The zero-order valence-corrected chi connectivity index (χ0v) is 15.7. The molecule has 0 saturated carbocycles. The Bertz CT molecular complexity index is 751. The highest BCUT2D eigenvalue weighted by molar-refractivity contribution is 5.76. The molecule has 1 atom stereocenters. The molecule has 1 aliphatic rings. The highest BCUT2D eigenvalue weighted by atomic mass is 16.5. The first kappa shape index (κ1) is 18.0. The molecule has 0 saturated heterocycles. The number of benzene rings is 2. The van der Waals surface area contributed by atoms with E-state index >= 15 is 0 Å². The average molecular weight is 339 g/mol. The van der Waals surface area contributed by atoms with E-state index in [1.54, 1.807) is 13.8 Å². The van der Waals surface area contributed by atoms with Crippen molar-refractivity contribution in [2.45, 2.75) is 58.6 Å². The Balaban J connectivity index is 1.90. The Kier molecular flexibility index (Phi) is 4.90. The minimum atomic E-state index is -0.701. The Labute approximate surface area is 150 Å². The van der Waals surface area contributed by atoms with Gasteiger partial charge in [-0.05, 0) is 86.1 Å². The average Bonchev–Trinajstić information content (AvgIpc) is 2.88. The fraction of sp³-hybridized carbons (Fsp3) is 0.455. The molecule has 0 spiro atoms. The maximum absolute atomic E-state index is 9.82. The molecule has 134 valence electrons. The van der Waals surface area contributed by atoms with Gasteiger partial charge in [-0.2, -0.15) is 0 Å². The maximum Gasteiger partial charge on any atom is 0.119 e. The molecule has 3 heteroatoms. The third kappa shape index (κ3) is 3.88. The lowest BCUT2D eigenvalue weighted by Gasteiger charge is -2.19. The lowest BCUT2D eigenvalue weighted by atomic mass is 9.90. The SMILES string of the molecule is Cc1cc(OCCC(C)(C)O)cc(C)c1-c1cccc2c1CC[C@H]2N. The van der Waals surface area contributed by atoms with Gasteiger partial charge in [-0.15, -0.1) is 0 Å². The fourth-order valence-corrected chi connectivity index (χ4v) is 3.77. The highest BCUT2D eigenvalue weighted by Crippen LogP contribution is 2.39. The highest BCUT2D eigenvalue weighted by Gasteiger charge is 2.23. The quantitative estimate of drug-likeness (QED) is 0.846. The van der Waals surface area contributed by atoms with Crippen LogP contribution in [0.3, 0.4) is 0 Å². The molecule has 0 heterocycles. The maximum atomic E-state index is 9.82. The van der Waals surface area contributed by atoms with Gasteiger partial charge in [0.25, 0.3) is 0 Å². The van der Waals surface area contributed by atoms with Crippen LogP contribution in [0, 0.1) is 13.8 Å². The van der Waals surface area contributed by atoms with E-state index < -0.39 is 5.60 Å². The van der Waals surface area contributed by atoms with Crippen LogP contribution in [0.15, 0.2) is 30.3 Å². The van der Waals surface area contributed by atoms with Crippen molar-refractivity contribution in [2.24, 2.45) is 5.73 Å². The van der Waals surface area contributed by atoms with Gasteiger partial charge in [-0.25, -0.2) is 0 Å². The molecule has 3 nitrogen and oxygen atoms in total. The number of rotatable bonds is 5. The predicted octanol–water partition coefficient (Wildman–Crippen LogP) is 4.46. The molecule has 25 heavy (non-hydrogen) atoms. The van der Waals surface area contributed by atoms with Crippen LogP contribution in [0.1, 0.15) is 55.0 Å². The predicted molar refractivity (Wildman–Crippen MR) is 103 cm³/mol. The molecule has 0 fully saturated rings.